The van der Waals surface area contributed by atoms with E-state index in [0.29, 0.717) is 29.8 Å². The number of hydrogen-bond donors (Lipinski definition) is 0. The standard InChI is InChI=1S/C14H16ClN3O3/c1-2-20-14(19)9-7-11(15)17-13-10(9)8-16-18(13)12-5-3-4-6-21-12/h7-8,12H,2-6H2,1H3. The molecule has 1 atom stereocenters. The zero-order chi connectivity index (χ0) is 14.8. The second-order valence-corrected chi connectivity index (χ2v) is 5.25. The van der Waals surface area contributed by atoms with Gasteiger partial charge < -0.3 is 9.47 Å². The quantitative estimate of drug-likeness (QED) is 0.644. The van der Waals surface area contributed by atoms with Crippen molar-refractivity contribution in [1.29, 1.82) is 0 Å². The Hall–Kier alpha value is -1.66. The second kappa shape index (κ2) is 5.99. The van der Waals surface area contributed by atoms with Gasteiger partial charge in [-0.05, 0) is 32.3 Å². The zero-order valence-corrected chi connectivity index (χ0v) is 12.5. The molecule has 0 amide bonds. The van der Waals surface area contributed by atoms with Gasteiger partial charge in [0.2, 0.25) is 0 Å². The Kier molecular flexibility index (Phi) is 4.07. The van der Waals surface area contributed by atoms with E-state index in [4.69, 9.17) is 21.1 Å². The van der Waals surface area contributed by atoms with Gasteiger partial charge >= 0.3 is 5.97 Å². The molecule has 0 N–H and O–H groups in total. The molecular weight excluding hydrogens is 294 g/mol. The molecule has 6 nitrogen and oxygen atoms in total. The van der Waals surface area contributed by atoms with Crippen LogP contribution in [0.1, 0.15) is 42.8 Å². The molecule has 0 radical (unpaired) electrons. The first-order valence-corrected chi connectivity index (χ1v) is 7.41. The monoisotopic (exact) mass is 309 g/mol. The summed E-state index contributed by atoms with van der Waals surface area (Å²) in [7, 11) is 0. The van der Waals surface area contributed by atoms with Crippen molar-refractivity contribution in [3.8, 4) is 0 Å². The number of pyridine rings is 1. The van der Waals surface area contributed by atoms with Gasteiger partial charge in [-0.15, -0.1) is 0 Å². The molecule has 0 saturated carbocycles. The third-order valence-corrected chi connectivity index (χ3v) is 3.65. The molecular formula is C14H16ClN3O3. The molecule has 1 fully saturated rings. The van der Waals surface area contributed by atoms with Crippen LogP contribution >= 0.6 is 11.6 Å². The van der Waals surface area contributed by atoms with Crippen LogP contribution in [0.3, 0.4) is 0 Å². The van der Waals surface area contributed by atoms with Crippen LogP contribution in [0.25, 0.3) is 11.0 Å². The Morgan fingerprint density at radius 1 is 1.57 bits per heavy atom. The third-order valence-electron chi connectivity index (χ3n) is 3.46. The molecule has 2 aromatic rings. The van der Waals surface area contributed by atoms with Gasteiger partial charge in [-0.2, -0.15) is 5.10 Å². The first-order chi connectivity index (χ1) is 10.2. The highest BCUT2D eigenvalue weighted by Gasteiger charge is 2.22. The van der Waals surface area contributed by atoms with Crippen molar-refractivity contribution in [2.24, 2.45) is 0 Å². The Morgan fingerprint density at radius 2 is 2.43 bits per heavy atom. The fourth-order valence-corrected chi connectivity index (χ4v) is 2.68. The van der Waals surface area contributed by atoms with Crippen molar-refractivity contribution >= 4 is 28.6 Å². The lowest BCUT2D eigenvalue weighted by atomic mass is 10.2. The summed E-state index contributed by atoms with van der Waals surface area (Å²) in [6.07, 6.45) is 4.47. The lowest BCUT2D eigenvalue weighted by Crippen LogP contribution is -2.19. The average Bonchev–Trinajstić information content (AvgIpc) is 2.91. The van der Waals surface area contributed by atoms with Crippen LogP contribution in [-0.2, 0) is 9.47 Å². The van der Waals surface area contributed by atoms with Crippen LogP contribution in [0, 0.1) is 0 Å². The van der Waals surface area contributed by atoms with Crippen molar-refractivity contribution in [3.63, 3.8) is 0 Å². The van der Waals surface area contributed by atoms with Crippen molar-refractivity contribution in [2.75, 3.05) is 13.2 Å². The number of esters is 1. The molecule has 1 aliphatic rings. The van der Waals surface area contributed by atoms with E-state index in [1.807, 2.05) is 0 Å². The lowest BCUT2D eigenvalue weighted by Gasteiger charge is -2.23. The first-order valence-electron chi connectivity index (χ1n) is 7.03. The van der Waals surface area contributed by atoms with Crippen LogP contribution in [-0.4, -0.2) is 33.9 Å². The van der Waals surface area contributed by atoms with Gasteiger partial charge in [-0.3, -0.25) is 0 Å². The Balaban J connectivity index is 2.06. The highest BCUT2D eigenvalue weighted by atomic mass is 35.5. The minimum Gasteiger partial charge on any atom is -0.462 e. The van der Waals surface area contributed by atoms with E-state index in [0.717, 1.165) is 19.3 Å². The van der Waals surface area contributed by atoms with E-state index < -0.39 is 5.97 Å². The van der Waals surface area contributed by atoms with Gasteiger partial charge in [-0.1, -0.05) is 11.6 Å². The molecule has 7 heteroatoms. The normalized spacial score (nSPS) is 18.9. The average molecular weight is 310 g/mol. The molecule has 0 spiro atoms. The largest absolute Gasteiger partial charge is 0.462 e. The highest BCUT2D eigenvalue weighted by molar-refractivity contribution is 6.30. The van der Waals surface area contributed by atoms with E-state index in [9.17, 15) is 4.79 Å². The number of ether oxygens (including phenoxy) is 2. The number of halogens is 1. The summed E-state index contributed by atoms with van der Waals surface area (Å²) in [4.78, 5) is 16.3. The van der Waals surface area contributed by atoms with Gasteiger partial charge in [-0.25, -0.2) is 14.5 Å². The molecule has 1 unspecified atom stereocenters. The van der Waals surface area contributed by atoms with Crippen molar-refractivity contribution in [2.45, 2.75) is 32.4 Å². The highest BCUT2D eigenvalue weighted by Crippen LogP contribution is 2.28. The van der Waals surface area contributed by atoms with Crippen LogP contribution in [0.4, 0.5) is 0 Å². The van der Waals surface area contributed by atoms with Crippen LogP contribution in [0.5, 0.6) is 0 Å². The maximum atomic E-state index is 12.0. The first kappa shape index (κ1) is 14.3. The smallest absolute Gasteiger partial charge is 0.339 e. The molecule has 1 saturated heterocycles. The molecule has 0 bridgehead atoms. The van der Waals surface area contributed by atoms with Crippen molar-refractivity contribution < 1.29 is 14.3 Å². The molecule has 1 aliphatic heterocycles. The third kappa shape index (κ3) is 2.73. The predicted molar refractivity (Wildman–Crippen MR) is 77.3 cm³/mol. The fourth-order valence-electron chi connectivity index (χ4n) is 2.49. The number of aromatic nitrogens is 3. The fraction of sp³-hybridized carbons (Fsp3) is 0.500. The summed E-state index contributed by atoms with van der Waals surface area (Å²) in [5.41, 5.74) is 0.936. The van der Waals surface area contributed by atoms with Gasteiger partial charge in [0, 0.05) is 6.61 Å². The number of fused-ring (bicyclic) bond motifs is 1. The summed E-state index contributed by atoms with van der Waals surface area (Å²) in [6.45, 7) is 2.77. The maximum Gasteiger partial charge on any atom is 0.339 e. The van der Waals surface area contributed by atoms with Crippen LogP contribution in [0.2, 0.25) is 5.15 Å². The predicted octanol–water partition coefficient (Wildman–Crippen LogP) is 2.96. The Labute approximate surface area is 127 Å². The zero-order valence-electron chi connectivity index (χ0n) is 11.7. The molecule has 112 valence electrons. The van der Waals surface area contributed by atoms with Gasteiger partial charge in [0.15, 0.2) is 11.9 Å². The molecule has 3 rings (SSSR count). The summed E-state index contributed by atoms with van der Waals surface area (Å²) in [5, 5.41) is 5.20. The summed E-state index contributed by atoms with van der Waals surface area (Å²) in [6, 6.07) is 1.51. The van der Waals surface area contributed by atoms with Gasteiger partial charge in [0.05, 0.1) is 23.8 Å². The minimum atomic E-state index is -0.420. The van der Waals surface area contributed by atoms with E-state index in [1.54, 1.807) is 17.8 Å². The van der Waals surface area contributed by atoms with Crippen LogP contribution < -0.4 is 0 Å². The van der Waals surface area contributed by atoms with Gasteiger partial charge in [0.25, 0.3) is 0 Å². The van der Waals surface area contributed by atoms with Gasteiger partial charge in [0.1, 0.15) is 5.15 Å². The molecule has 3 heterocycles. The van der Waals surface area contributed by atoms with E-state index in [-0.39, 0.29) is 11.4 Å². The number of carbonyl (C=O) groups excluding carboxylic acids is 1. The number of rotatable bonds is 3. The van der Waals surface area contributed by atoms with Crippen molar-refractivity contribution in [1.82, 2.24) is 14.8 Å². The summed E-state index contributed by atoms with van der Waals surface area (Å²) in [5.74, 6) is -0.420. The van der Waals surface area contributed by atoms with E-state index in [1.165, 1.54) is 6.07 Å². The Bertz CT molecular complexity index is 665. The lowest BCUT2D eigenvalue weighted by molar-refractivity contribution is -0.0370. The molecule has 21 heavy (non-hydrogen) atoms. The topological polar surface area (TPSA) is 66.2 Å². The molecule has 2 aromatic heterocycles. The number of hydrogen-bond acceptors (Lipinski definition) is 5. The van der Waals surface area contributed by atoms with E-state index >= 15 is 0 Å². The number of carbonyl (C=O) groups is 1. The summed E-state index contributed by atoms with van der Waals surface area (Å²) >= 11 is 6.04. The Morgan fingerprint density at radius 3 is 3.14 bits per heavy atom. The molecule has 0 aliphatic carbocycles. The maximum absolute atomic E-state index is 12.0. The van der Waals surface area contributed by atoms with Crippen LogP contribution in [0.15, 0.2) is 12.3 Å². The SMILES string of the molecule is CCOC(=O)c1cc(Cl)nc2c1cnn2C1CCCCO1. The summed E-state index contributed by atoms with van der Waals surface area (Å²) < 4.78 is 12.5. The minimum absolute atomic E-state index is 0.155. The van der Waals surface area contributed by atoms with Crippen molar-refractivity contribution in [3.05, 3.63) is 23.0 Å². The van der Waals surface area contributed by atoms with E-state index in [2.05, 4.69) is 10.1 Å². The number of nitrogens with zero attached hydrogens (tertiary/aromatic N) is 3. The second-order valence-electron chi connectivity index (χ2n) is 4.86. The molecule has 0 aromatic carbocycles.